The summed E-state index contributed by atoms with van der Waals surface area (Å²) < 4.78 is 0.861. The number of nitrogens with one attached hydrogen (secondary N) is 1. The van der Waals surface area contributed by atoms with E-state index in [1.165, 1.54) is 0 Å². The van der Waals surface area contributed by atoms with Crippen LogP contribution in [0.3, 0.4) is 0 Å². The van der Waals surface area contributed by atoms with Gasteiger partial charge in [0.05, 0.1) is 0 Å². The highest BCUT2D eigenvalue weighted by Crippen LogP contribution is 2.19. The van der Waals surface area contributed by atoms with Crippen LogP contribution in [0, 0.1) is 5.92 Å². The zero-order chi connectivity index (χ0) is 15.6. The molecule has 2 unspecified atom stereocenters. The van der Waals surface area contributed by atoms with E-state index in [0.717, 1.165) is 10.0 Å². The molecule has 2 amide bonds. The van der Waals surface area contributed by atoms with Crippen molar-refractivity contribution in [2.75, 3.05) is 0 Å². The maximum Gasteiger partial charge on any atom is 0.246 e. The lowest BCUT2D eigenvalue weighted by molar-refractivity contribution is -0.149. The number of carbonyl (C=O) groups is 2. The quantitative estimate of drug-likeness (QED) is 0.901. The molecule has 1 saturated heterocycles. The third-order valence-electron chi connectivity index (χ3n) is 3.57. The fourth-order valence-electron chi connectivity index (χ4n) is 2.47. The topological polar surface area (TPSA) is 62.3 Å². The molecule has 1 aromatic heterocycles. The van der Waals surface area contributed by atoms with Crippen molar-refractivity contribution in [2.24, 2.45) is 5.92 Å². The second kappa shape index (κ2) is 6.56. The standard InChI is InChI=1S/C15H20BrN3O2/c1-9(2)4-13-15(21)19(10(3)14(20)18-13)8-11-5-12(16)7-17-6-11/h5-7,9-10,13H,4,8H2,1-3H3,(H,18,20). The summed E-state index contributed by atoms with van der Waals surface area (Å²) >= 11 is 3.37. The normalized spacial score (nSPS) is 22.6. The van der Waals surface area contributed by atoms with Gasteiger partial charge in [-0.25, -0.2) is 0 Å². The molecular weight excluding hydrogens is 334 g/mol. The van der Waals surface area contributed by atoms with Crippen LogP contribution in [-0.4, -0.2) is 33.8 Å². The third kappa shape index (κ3) is 3.81. The number of pyridine rings is 1. The molecule has 0 bridgehead atoms. The lowest BCUT2D eigenvalue weighted by atomic mass is 9.98. The Labute approximate surface area is 133 Å². The van der Waals surface area contributed by atoms with E-state index < -0.39 is 12.1 Å². The van der Waals surface area contributed by atoms with Crippen molar-refractivity contribution >= 4 is 27.7 Å². The molecule has 2 rings (SSSR count). The van der Waals surface area contributed by atoms with Crippen molar-refractivity contribution in [3.63, 3.8) is 0 Å². The Bertz CT molecular complexity index is 547. The highest BCUT2D eigenvalue weighted by atomic mass is 79.9. The van der Waals surface area contributed by atoms with Crippen molar-refractivity contribution < 1.29 is 9.59 Å². The number of piperazine rings is 1. The van der Waals surface area contributed by atoms with Gasteiger partial charge < -0.3 is 10.2 Å². The largest absolute Gasteiger partial charge is 0.343 e. The molecule has 2 atom stereocenters. The van der Waals surface area contributed by atoms with Crippen molar-refractivity contribution in [3.05, 3.63) is 28.5 Å². The number of nitrogens with zero attached hydrogens (tertiary/aromatic N) is 2. The van der Waals surface area contributed by atoms with Crippen LogP contribution in [0.4, 0.5) is 0 Å². The summed E-state index contributed by atoms with van der Waals surface area (Å²) in [5.41, 5.74) is 0.905. The van der Waals surface area contributed by atoms with Gasteiger partial charge >= 0.3 is 0 Å². The fourth-order valence-corrected chi connectivity index (χ4v) is 2.88. The Morgan fingerprint density at radius 1 is 1.38 bits per heavy atom. The third-order valence-corrected chi connectivity index (χ3v) is 4.00. The van der Waals surface area contributed by atoms with Gasteiger partial charge in [0.2, 0.25) is 11.8 Å². The average Bonchev–Trinajstić information content (AvgIpc) is 2.40. The van der Waals surface area contributed by atoms with Crippen molar-refractivity contribution in [1.29, 1.82) is 0 Å². The van der Waals surface area contributed by atoms with Crippen molar-refractivity contribution in [3.8, 4) is 0 Å². The summed E-state index contributed by atoms with van der Waals surface area (Å²) in [7, 11) is 0. The predicted octanol–water partition coefficient (Wildman–Crippen LogP) is 2.11. The van der Waals surface area contributed by atoms with Gasteiger partial charge in [0.1, 0.15) is 12.1 Å². The van der Waals surface area contributed by atoms with E-state index in [9.17, 15) is 9.59 Å². The summed E-state index contributed by atoms with van der Waals surface area (Å²) in [6, 6.07) is 1.03. The molecule has 5 nitrogen and oxygen atoms in total. The molecule has 1 N–H and O–H groups in total. The Kier molecular flexibility index (Phi) is 4.98. The van der Waals surface area contributed by atoms with Gasteiger partial charge in [0.25, 0.3) is 0 Å². The Morgan fingerprint density at radius 2 is 2.10 bits per heavy atom. The molecule has 6 heteroatoms. The first kappa shape index (κ1) is 15.9. The zero-order valence-electron chi connectivity index (χ0n) is 12.5. The number of hydrogen-bond donors (Lipinski definition) is 1. The van der Waals surface area contributed by atoms with Gasteiger partial charge in [-0.15, -0.1) is 0 Å². The zero-order valence-corrected chi connectivity index (χ0v) is 14.1. The lowest BCUT2D eigenvalue weighted by Crippen LogP contribution is -2.62. The lowest BCUT2D eigenvalue weighted by Gasteiger charge is -2.38. The SMILES string of the molecule is CC(C)CC1NC(=O)C(C)N(Cc2cncc(Br)c2)C1=O. The van der Waals surface area contributed by atoms with Crippen LogP contribution in [0.15, 0.2) is 22.9 Å². The van der Waals surface area contributed by atoms with Gasteiger partial charge in [0, 0.05) is 23.4 Å². The predicted molar refractivity (Wildman–Crippen MR) is 83.3 cm³/mol. The smallest absolute Gasteiger partial charge is 0.246 e. The summed E-state index contributed by atoms with van der Waals surface area (Å²) in [6.07, 6.45) is 4.07. The van der Waals surface area contributed by atoms with Gasteiger partial charge in [-0.05, 0) is 46.8 Å². The van der Waals surface area contributed by atoms with Crippen LogP contribution in [0.1, 0.15) is 32.8 Å². The van der Waals surface area contributed by atoms with Crippen LogP contribution >= 0.6 is 15.9 Å². The summed E-state index contributed by atoms with van der Waals surface area (Å²) in [6.45, 7) is 6.23. The number of amides is 2. The number of aromatic nitrogens is 1. The molecular formula is C15H20BrN3O2. The number of halogens is 1. The van der Waals surface area contributed by atoms with Crippen molar-refractivity contribution in [1.82, 2.24) is 15.2 Å². The van der Waals surface area contributed by atoms with Crippen LogP contribution in [0.5, 0.6) is 0 Å². The van der Waals surface area contributed by atoms with Gasteiger partial charge in [0.15, 0.2) is 0 Å². The molecule has 1 aliphatic rings. The highest BCUT2D eigenvalue weighted by molar-refractivity contribution is 9.10. The average molecular weight is 354 g/mol. The molecule has 1 aromatic rings. The van der Waals surface area contributed by atoms with E-state index in [1.807, 2.05) is 19.9 Å². The highest BCUT2D eigenvalue weighted by Gasteiger charge is 2.38. The van der Waals surface area contributed by atoms with E-state index in [1.54, 1.807) is 24.2 Å². The van der Waals surface area contributed by atoms with Crippen LogP contribution < -0.4 is 5.32 Å². The maximum absolute atomic E-state index is 12.6. The van der Waals surface area contributed by atoms with Crippen LogP contribution in [-0.2, 0) is 16.1 Å². The van der Waals surface area contributed by atoms with Crippen molar-refractivity contribution in [2.45, 2.75) is 45.8 Å². The molecule has 0 aliphatic carbocycles. The molecule has 21 heavy (non-hydrogen) atoms. The fraction of sp³-hybridized carbons (Fsp3) is 0.533. The molecule has 0 radical (unpaired) electrons. The molecule has 114 valence electrons. The minimum atomic E-state index is -0.458. The van der Waals surface area contributed by atoms with Gasteiger partial charge in [-0.1, -0.05) is 13.8 Å². The van der Waals surface area contributed by atoms with E-state index in [4.69, 9.17) is 0 Å². The number of hydrogen-bond acceptors (Lipinski definition) is 3. The van der Waals surface area contributed by atoms with Crippen LogP contribution in [0.2, 0.25) is 0 Å². The number of carbonyl (C=O) groups excluding carboxylic acids is 2. The molecule has 1 aliphatic heterocycles. The Balaban J connectivity index is 2.18. The van der Waals surface area contributed by atoms with Gasteiger partial charge in [-0.2, -0.15) is 0 Å². The molecule has 0 saturated carbocycles. The number of rotatable bonds is 4. The van der Waals surface area contributed by atoms with E-state index in [2.05, 4.69) is 26.2 Å². The Morgan fingerprint density at radius 3 is 2.71 bits per heavy atom. The monoisotopic (exact) mass is 353 g/mol. The first-order valence-electron chi connectivity index (χ1n) is 7.08. The van der Waals surface area contributed by atoms with Crippen LogP contribution in [0.25, 0.3) is 0 Å². The van der Waals surface area contributed by atoms with Gasteiger partial charge in [-0.3, -0.25) is 14.6 Å². The molecule has 0 spiro atoms. The Hall–Kier alpha value is -1.43. The van der Waals surface area contributed by atoms with E-state index in [-0.39, 0.29) is 11.8 Å². The second-order valence-corrected chi connectivity index (χ2v) is 6.76. The minimum Gasteiger partial charge on any atom is -0.343 e. The van der Waals surface area contributed by atoms with E-state index >= 15 is 0 Å². The summed E-state index contributed by atoms with van der Waals surface area (Å²) in [5, 5.41) is 2.82. The molecule has 1 fully saturated rings. The molecule has 0 aromatic carbocycles. The minimum absolute atomic E-state index is 0.0178. The summed E-state index contributed by atoms with van der Waals surface area (Å²) in [5.74, 6) is 0.237. The molecule has 2 heterocycles. The second-order valence-electron chi connectivity index (χ2n) is 5.84. The maximum atomic E-state index is 12.6. The first-order valence-corrected chi connectivity index (χ1v) is 7.88. The first-order chi connectivity index (χ1) is 9.88. The van der Waals surface area contributed by atoms with E-state index in [0.29, 0.717) is 18.9 Å². The summed E-state index contributed by atoms with van der Waals surface area (Å²) in [4.78, 5) is 30.4.